The van der Waals surface area contributed by atoms with Crippen molar-refractivity contribution in [2.45, 2.75) is 58.8 Å². The Balaban J connectivity index is 1.88. The van der Waals surface area contributed by atoms with Gasteiger partial charge in [0.1, 0.15) is 17.5 Å². The maximum Gasteiger partial charge on any atom is 0.224 e. The topological polar surface area (TPSA) is 118 Å². The predicted octanol–water partition coefficient (Wildman–Crippen LogP) is 1.92. The summed E-state index contributed by atoms with van der Waals surface area (Å²) in [4.78, 5) is 18.7. The molecule has 0 fully saturated rings. The lowest BCUT2D eigenvalue weighted by atomic mass is 9.93. The molecule has 188 valence electrons. The molecule has 0 spiro atoms. The number of carbonyl (C=O) groups excluding carboxylic acids is 1. The molecule has 1 heterocycles. The highest BCUT2D eigenvalue weighted by atomic mass is 16.3. The third-order valence-corrected chi connectivity index (χ3v) is 5.88. The summed E-state index contributed by atoms with van der Waals surface area (Å²) < 4.78 is 0. The summed E-state index contributed by atoms with van der Waals surface area (Å²) in [6, 6.07) is 11.0. The summed E-state index contributed by atoms with van der Waals surface area (Å²) in [6.45, 7) is 11.7. The molecule has 34 heavy (non-hydrogen) atoms. The van der Waals surface area contributed by atoms with Crippen LogP contribution in [0.1, 0.15) is 56.3 Å². The Morgan fingerprint density at radius 1 is 1.15 bits per heavy atom. The molecule has 0 saturated carbocycles. The van der Waals surface area contributed by atoms with Gasteiger partial charge in [-0.3, -0.25) is 4.79 Å². The maximum atomic E-state index is 12.3. The van der Waals surface area contributed by atoms with Crippen LogP contribution in [0.15, 0.2) is 36.4 Å². The van der Waals surface area contributed by atoms with Crippen LogP contribution in [0.2, 0.25) is 0 Å². The van der Waals surface area contributed by atoms with E-state index in [-0.39, 0.29) is 29.4 Å². The number of likely N-dealkylation sites (N-methyl/N-ethyl adjacent to an activating group) is 1. The Morgan fingerprint density at radius 2 is 1.85 bits per heavy atom. The molecule has 1 aromatic heterocycles. The monoisotopic (exact) mass is 472 g/mol. The van der Waals surface area contributed by atoms with Gasteiger partial charge in [-0.05, 0) is 56.6 Å². The Morgan fingerprint density at radius 3 is 2.53 bits per heavy atom. The average molecular weight is 473 g/mol. The summed E-state index contributed by atoms with van der Waals surface area (Å²) in [6.07, 6.45) is 0.178. The van der Waals surface area contributed by atoms with Gasteiger partial charge in [-0.25, -0.2) is 4.98 Å². The number of β-amino-alcohol motifs (C(OH)–C–C–N with tert-alkyl or cyclic N) is 1. The van der Waals surface area contributed by atoms with Gasteiger partial charge in [-0.15, -0.1) is 0 Å². The number of benzene rings is 1. The Kier molecular flexibility index (Phi) is 10.9. The van der Waals surface area contributed by atoms with Crippen molar-refractivity contribution in [1.29, 1.82) is 0 Å². The van der Waals surface area contributed by atoms with E-state index in [1.165, 1.54) is 6.07 Å². The highest BCUT2D eigenvalue weighted by molar-refractivity contribution is 5.78. The third kappa shape index (κ3) is 9.02. The molecule has 8 nitrogen and oxygen atoms in total. The molecule has 5 N–H and O–H groups in total. The minimum absolute atomic E-state index is 0.0217. The number of nitrogens with one attached hydrogen (secondary N) is 2. The number of aromatic hydroxyl groups is 1. The van der Waals surface area contributed by atoms with Gasteiger partial charge in [0.15, 0.2) is 0 Å². The molecule has 0 aliphatic rings. The quantitative estimate of drug-likeness (QED) is 0.285. The highest BCUT2D eigenvalue weighted by Gasteiger charge is 2.21. The van der Waals surface area contributed by atoms with Crippen LogP contribution in [0.3, 0.4) is 0 Å². The van der Waals surface area contributed by atoms with E-state index in [1.54, 1.807) is 6.07 Å². The van der Waals surface area contributed by atoms with Gasteiger partial charge in [0.25, 0.3) is 0 Å². The first-order chi connectivity index (χ1) is 16.2. The number of nitrogens with zero attached hydrogens (tertiary/aromatic N) is 2. The minimum Gasteiger partial charge on any atom is -0.506 e. The van der Waals surface area contributed by atoms with E-state index in [9.17, 15) is 20.1 Å². The Labute approximate surface area is 203 Å². The third-order valence-electron chi connectivity index (χ3n) is 5.88. The molecule has 1 aromatic carbocycles. The average Bonchev–Trinajstić information content (AvgIpc) is 2.80. The lowest BCUT2D eigenvalue weighted by Gasteiger charge is -2.28. The first-order valence-electron chi connectivity index (χ1n) is 12.0. The maximum absolute atomic E-state index is 12.3. The zero-order valence-corrected chi connectivity index (χ0v) is 20.8. The molecule has 1 atom stereocenters. The van der Waals surface area contributed by atoms with Gasteiger partial charge in [0, 0.05) is 25.2 Å². The first kappa shape index (κ1) is 27.7. The largest absolute Gasteiger partial charge is 0.506 e. The van der Waals surface area contributed by atoms with E-state index < -0.39 is 12.7 Å². The van der Waals surface area contributed by atoms with E-state index in [4.69, 9.17) is 0 Å². The van der Waals surface area contributed by atoms with Crippen molar-refractivity contribution in [3.05, 3.63) is 58.9 Å². The minimum atomic E-state index is -0.878. The molecule has 2 rings (SSSR count). The zero-order chi connectivity index (χ0) is 25.1. The first-order valence-corrected chi connectivity index (χ1v) is 12.0. The second kappa shape index (κ2) is 13.4. The number of amides is 1. The van der Waals surface area contributed by atoms with Crippen LogP contribution in [0.5, 0.6) is 5.75 Å². The number of aliphatic hydroxyl groups is 2. The van der Waals surface area contributed by atoms with Crippen LogP contribution in [0.4, 0.5) is 0 Å². The van der Waals surface area contributed by atoms with Crippen molar-refractivity contribution < 1.29 is 20.1 Å². The summed E-state index contributed by atoms with van der Waals surface area (Å²) in [5.41, 5.74) is 2.29. The second-order valence-corrected chi connectivity index (χ2v) is 9.19. The van der Waals surface area contributed by atoms with Crippen LogP contribution in [-0.4, -0.2) is 69.4 Å². The van der Waals surface area contributed by atoms with Crippen molar-refractivity contribution in [2.75, 3.05) is 32.7 Å². The number of hydrogen-bond acceptors (Lipinski definition) is 7. The number of hydrogen-bond donors (Lipinski definition) is 5. The number of aromatic nitrogens is 1. The number of carbonyl (C=O) groups is 1. The molecular formula is C26H40N4O4. The van der Waals surface area contributed by atoms with Crippen LogP contribution >= 0.6 is 0 Å². The van der Waals surface area contributed by atoms with Gasteiger partial charge in [0.05, 0.1) is 18.7 Å². The zero-order valence-electron chi connectivity index (χ0n) is 20.8. The summed E-state index contributed by atoms with van der Waals surface area (Å²) in [5.74, 6) is -0.0716. The highest BCUT2D eigenvalue weighted by Crippen LogP contribution is 2.20. The molecule has 2 aromatic rings. The van der Waals surface area contributed by atoms with Crippen molar-refractivity contribution in [3.63, 3.8) is 0 Å². The van der Waals surface area contributed by atoms with Gasteiger partial charge in [0.2, 0.25) is 5.91 Å². The molecule has 0 saturated heterocycles. The van der Waals surface area contributed by atoms with E-state index in [1.807, 2.05) is 18.2 Å². The van der Waals surface area contributed by atoms with E-state index in [2.05, 4.69) is 54.3 Å². The predicted molar refractivity (Wildman–Crippen MR) is 134 cm³/mol. The second-order valence-electron chi connectivity index (χ2n) is 9.19. The SMILES string of the molecule is CCN(CC)CCNC(=O)Cc1cccc(CC(C)(C)NCC(O)c2ccc(O)c(CO)n2)c1. The van der Waals surface area contributed by atoms with Crippen molar-refractivity contribution in [2.24, 2.45) is 0 Å². The molecule has 0 radical (unpaired) electrons. The lowest BCUT2D eigenvalue weighted by Crippen LogP contribution is -2.43. The smallest absolute Gasteiger partial charge is 0.224 e. The van der Waals surface area contributed by atoms with E-state index in [0.717, 1.165) is 30.8 Å². The van der Waals surface area contributed by atoms with Crippen LogP contribution < -0.4 is 10.6 Å². The summed E-state index contributed by atoms with van der Waals surface area (Å²) >= 11 is 0. The molecule has 0 aliphatic carbocycles. The normalized spacial score (nSPS) is 12.7. The molecule has 0 bridgehead atoms. The Hall–Kier alpha value is -2.52. The van der Waals surface area contributed by atoms with Crippen LogP contribution in [-0.2, 0) is 24.2 Å². The van der Waals surface area contributed by atoms with Gasteiger partial charge >= 0.3 is 0 Å². The fraction of sp³-hybridized carbons (Fsp3) is 0.538. The molecular weight excluding hydrogens is 432 g/mol. The van der Waals surface area contributed by atoms with Gasteiger partial charge < -0.3 is 30.9 Å². The van der Waals surface area contributed by atoms with Crippen LogP contribution in [0, 0.1) is 0 Å². The Bertz CT molecular complexity index is 915. The standard InChI is InChI=1S/C26H40N4O4/c1-5-30(6-2)13-12-27-25(34)15-19-8-7-9-20(14-19)16-26(3,4)28-17-24(33)21-10-11-23(32)22(18-31)29-21/h7-11,14,24,28,31-33H,5-6,12-13,15-18H2,1-4H3,(H,27,34). The van der Waals surface area contributed by atoms with Crippen molar-refractivity contribution in [3.8, 4) is 5.75 Å². The lowest BCUT2D eigenvalue weighted by molar-refractivity contribution is -0.120. The van der Waals surface area contributed by atoms with E-state index >= 15 is 0 Å². The molecule has 8 heteroatoms. The number of pyridine rings is 1. The fourth-order valence-electron chi connectivity index (χ4n) is 3.85. The number of rotatable bonds is 14. The van der Waals surface area contributed by atoms with E-state index in [0.29, 0.717) is 25.1 Å². The number of aliphatic hydroxyl groups excluding tert-OH is 2. The summed E-state index contributed by atoms with van der Waals surface area (Å²) in [7, 11) is 0. The van der Waals surface area contributed by atoms with Crippen molar-refractivity contribution in [1.82, 2.24) is 20.5 Å². The molecule has 1 unspecified atom stereocenters. The molecule has 1 amide bonds. The summed E-state index contributed by atoms with van der Waals surface area (Å²) in [5, 5.41) is 35.8. The van der Waals surface area contributed by atoms with Crippen molar-refractivity contribution >= 4 is 5.91 Å². The van der Waals surface area contributed by atoms with Gasteiger partial charge in [-0.2, -0.15) is 0 Å². The fourth-order valence-corrected chi connectivity index (χ4v) is 3.85. The molecule has 0 aliphatic heterocycles. The van der Waals surface area contributed by atoms with Gasteiger partial charge in [-0.1, -0.05) is 38.1 Å². The van der Waals surface area contributed by atoms with Crippen LogP contribution in [0.25, 0.3) is 0 Å².